The predicted octanol–water partition coefficient (Wildman–Crippen LogP) is 2.95. The lowest BCUT2D eigenvalue weighted by atomic mass is 9.90. The SMILES string of the molecule is CC(C)(CCNCc1cn[nH]c1-c1c(F)cccc1F)C(=O)O. The number of aromatic nitrogens is 2. The molecule has 0 bridgehead atoms. The molecule has 0 spiro atoms. The van der Waals surface area contributed by atoms with Crippen LogP contribution in [0.1, 0.15) is 25.8 Å². The Balaban J connectivity index is 2.04. The first kappa shape index (κ1) is 17.1. The first-order chi connectivity index (χ1) is 10.8. The van der Waals surface area contributed by atoms with Crippen molar-refractivity contribution in [3.63, 3.8) is 0 Å². The molecule has 2 aromatic rings. The van der Waals surface area contributed by atoms with Crippen molar-refractivity contribution in [2.75, 3.05) is 6.54 Å². The average molecular weight is 323 g/mol. The molecular weight excluding hydrogens is 304 g/mol. The van der Waals surface area contributed by atoms with Gasteiger partial charge in [-0.05, 0) is 38.9 Å². The van der Waals surface area contributed by atoms with Crippen LogP contribution in [0, 0.1) is 17.0 Å². The molecule has 5 nitrogen and oxygen atoms in total. The molecule has 0 saturated heterocycles. The molecule has 0 radical (unpaired) electrons. The summed E-state index contributed by atoms with van der Waals surface area (Å²) >= 11 is 0. The third kappa shape index (κ3) is 3.92. The molecular formula is C16H19F2N3O2. The maximum absolute atomic E-state index is 13.9. The monoisotopic (exact) mass is 323 g/mol. The molecule has 3 N–H and O–H groups in total. The van der Waals surface area contributed by atoms with E-state index in [4.69, 9.17) is 5.11 Å². The maximum atomic E-state index is 13.9. The van der Waals surface area contributed by atoms with E-state index in [-0.39, 0.29) is 11.3 Å². The van der Waals surface area contributed by atoms with Crippen molar-refractivity contribution in [1.82, 2.24) is 15.5 Å². The summed E-state index contributed by atoms with van der Waals surface area (Å²) in [6.45, 7) is 4.09. The highest BCUT2D eigenvalue weighted by Gasteiger charge is 2.26. The molecule has 0 unspecified atom stereocenters. The van der Waals surface area contributed by atoms with Crippen LogP contribution < -0.4 is 5.32 Å². The summed E-state index contributed by atoms with van der Waals surface area (Å²) in [5.41, 5.74) is -0.0791. The van der Waals surface area contributed by atoms with E-state index in [0.29, 0.717) is 25.1 Å². The molecule has 1 aromatic heterocycles. The van der Waals surface area contributed by atoms with Gasteiger partial charge < -0.3 is 10.4 Å². The molecule has 1 aromatic carbocycles. The summed E-state index contributed by atoms with van der Waals surface area (Å²) in [7, 11) is 0. The van der Waals surface area contributed by atoms with Gasteiger partial charge in [0.05, 0.1) is 22.9 Å². The number of aliphatic carboxylic acids is 1. The van der Waals surface area contributed by atoms with Crippen molar-refractivity contribution in [3.8, 4) is 11.3 Å². The Morgan fingerprint density at radius 3 is 2.61 bits per heavy atom. The minimum absolute atomic E-state index is 0.146. The van der Waals surface area contributed by atoms with Gasteiger partial charge in [-0.15, -0.1) is 0 Å². The van der Waals surface area contributed by atoms with Crippen molar-refractivity contribution in [3.05, 3.63) is 41.6 Å². The molecule has 0 aliphatic rings. The van der Waals surface area contributed by atoms with Gasteiger partial charge >= 0.3 is 5.97 Å². The largest absolute Gasteiger partial charge is 0.481 e. The highest BCUT2D eigenvalue weighted by molar-refractivity contribution is 5.73. The van der Waals surface area contributed by atoms with E-state index < -0.39 is 23.0 Å². The Kier molecular flexibility index (Phi) is 5.10. The van der Waals surface area contributed by atoms with Crippen molar-refractivity contribution < 1.29 is 18.7 Å². The number of nitrogens with zero attached hydrogens (tertiary/aromatic N) is 1. The van der Waals surface area contributed by atoms with Crippen molar-refractivity contribution in [2.24, 2.45) is 5.41 Å². The van der Waals surface area contributed by atoms with Crippen LogP contribution in [0.4, 0.5) is 8.78 Å². The van der Waals surface area contributed by atoms with Gasteiger partial charge in [0.25, 0.3) is 0 Å². The van der Waals surface area contributed by atoms with Gasteiger partial charge in [-0.1, -0.05) is 6.07 Å². The lowest BCUT2D eigenvalue weighted by Gasteiger charge is -2.18. The molecule has 7 heteroatoms. The fraction of sp³-hybridized carbons (Fsp3) is 0.375. The van der Waals surface area contributed by atoms with Gasteiger partial charge in [0.1, 0.15) is 11.6 Å². The van der Waals surface area contributed by atoms with Gasteiger partial charge in [0, 0.05) is 12.1 Å². The van der Waals surface area contributed by atoms with Gasteiger partial charge in [-0.25, -0.2) is 8.78 Å². The van der Waals surface area contributed by atoms with Crippen LogP contribution in [0.3, 0.4) is 0 Å². The quantitative estimate of drug-likeness (QED) is 0.685. The van der Waals surface area contributed by atoms with Crippen LogP contribution in [0.5, 0.6) is 0 Å². The molecule has 2 rings (SSSR count). The zero-order valence-corrected chi connectivity index (χ0v) is 13.0. The van der Waals surface area contributed by atoms with E-state index in [2.05, 4.69) is 15.5 Å². The Morgan fingerprint density at radius 2 is 2.00 bits per heavy atom. The lowest BCUT2D eigenvalue weighted by Crippen LogP contribution is -2.28. The number of H-pyrrole nitrogens is 1. The first-order valence-electron chi connectivity index (χ1n) is 7.23. The normalized spacial score (nSPS) is 11.7. The molecule has 0 atom stereocenters. The van der Waals surface area contributed by atoms with Gasteiger partial charge in [0.15, 0.2) is 0 Å². The minimum atomic E-state index is -0.864. The summed E-state index contributed by atoms with van der Waals surface area (Å²) in [6.07, 6.45) is 1.93. The topological polar surface area (TPSA) is 78.0 Å². The highest BCUT2D eigenvalue weighted by Crippen LogP contribution is 2.27. The number of nitrogens with one attached hydrogen (secondary N) is 2. The summed E-state index contributed by atoms with van der Waals surface area (Å²) in [5, 5.41) is 18.6. The first-order valence-corrected chi connectivity index (χ1v) is 7.23. The van der Waals surface area contributed by atoms with Gasteiger partial charge in [-0.2, -0.15) is 5.10 Å². The molecule has 0 aliphatic carbocycles. The van der Waals surface area contributed by atoms with Crippen molar-refractivity contribution in [2.45, 2.75) is 26.8 Å². The molecule has 124 valence electrons. The molecule has 0 fully saturated rings. The number of carbonyl (C=O) groups is 1. The third-order valence-corrected chi connectivity index (χ3v) is 3.75. The summed E-state index contributed by atoms with van der Waals surface area (Å²) in [6, 6.07) is 3.67. The molecule has 1 heterocycles. The maximum Gasteiger partial charge on any atom is 0.309 e. The number of hydrogen-bond acceptors (Lipinski definition) is 3. The highest BCUT2D eigenvalue weighted by atomic mass is 19.1. The summed E-state index contributed by atoms with van der Waals surface area (Å²) < 4.78 is 27.7. The predicted molar refractivity (Wildman–Crippen MR) is 81.7 cm³/mol. The summed E-state index contributed by atoms with van der Waals surface area (Å²) in [5.74, 6) is -2.19. The Hall–Kier alpha value is -2.28. The second-order valence-electron chi connectivity index (χ2n) is 5.98. The number of carboxylic acids is 1. The standard InChI is InChI=1S/C16H19F2N3O2/c1-16(2,15(22)23)6-7-19-8-10-9-20-21-14(10)13-11(17)4-3-5-12(13)18/h3-5,9,19H,6-8H2,1-2H3,(H,20,21)(H,22,23). The van der Waals surface area contributed by atoms with Crippen LogP contribution >= 0.6 is 0 Å². The zero-order chi connectivity index (χ0) is 17.0. The van der Waals surface area contributed by atoms with Crippen molar-refractivity contribution in [1.29, 1.82) is 0 Å². The van der Waals surface area contributed by atoms with E-state index in [1.54, 1.807) is 13.8 Å². The second kappa shape index (κ2) is 6.87. The Morgan fingerprint density at radius 1 is 1.35 bits per heavy atom. The van der Waals surface area contributed by atoms with E-state index in [0.717, 1.165) is 0 Å². The van der Waals surface area contributed by atoms with Gasteiger partial charge in [-0.3, -0.25) is 9.89 Å². The van der Waals surface area contributed by atoms with E-state index >= 15 is 0 Å². The molecule has 0 saturated carbocycles. The van der Waals surface area contributed by atoms with Crippen LogP contribution in [0.2, 0.25) is 0 Å². The Labute approximate surface area is 132 Å². The number of aromatic amines is 1. The number of hydrogen-bond donors (Lipinski definition) is 3. The fourth-order valence-corrected chi connectivity index (χ4v) is 2.13. The summed E-state index contributed by atoms with van der Waals surface area (Å²) in [4.78, 5) is 11.0. The van der Waals surface area contributed by atoms with Crippen LogP contribution in [0.15, 0.2) is 24.4 Å². The smallest absolute Gasteiger partial charge is 0.309 e. The zero-order valence-electron chi connectivity index (χ0n) is 13.0. The number of carboxylic acid groups (broad SMARTS) is 1. The average Bonchev–Trinajstić information content (AvgIpc) is 2.91. The fourth-order valence-electron chi connectivity index (χ4n) is 2.13. The van der Waals surface area contributed by atoms with Crippen LogP contribution in [-0.2, 0) is 11.3 Å². The van der Waals surface area contributed by atoms with E-state index in [9.17, 15) is 13.6 Å². The lowest BCUT2D eigenvalue weighted by molar-refractivity contribution is -0.147. The molecule has 0 aliphatic heterocycles. The van der Waals surface area contributed by atoms with Crippen LogP contribution in [-0.4, -0.2) is 27.8 Å². The van der Waals surface area contributed by atoms with Crippen molar-refractivity contribution >= 4 is 5.97 Å². The Bertz CT molecular complexity index is 678. The number of halogens is 2. The third-order valence-electron chi connectivity index (χ3n) is 3.75. The van der Waals surface area contributed by atoms with E-state index in [1.807, 2.05) is 0 Å². The van der Waals surface area contributed by atoms with E-state index in [1.165, 1.54) is 24.4 Å². The molecule has 0 amide bonds. The molecule has 23 heavy (non-hydrogen) atoms. The number of rotatable bonds is 7. The number of benzene rings is 1. The second-order valence-corrected chi connectivity index (χ2v) is 5.98. The minimum Gasteiger partial charge on any atom is -0.481 e. The van der Waals surface area contributed by atoms with Gasteiger partial charge in [0.2, 0.25) is 0 Å². The van der Waals surface area contributed by atoms with Crippen LogP contribution in [0.25, 0.3) is 11.3 Å².